The molecule has 104 valence electrons. The zero-order valence-electron chi connectivity index (χ0n) is 12.1. The summed E-state index contributed by atoms with van der Waals surface area (Å²) >= 11 is 0. The molecule has 1 aromatic carbocycles. The van der Waals surface area contributed by atoms with Crippen LogP contribution in [0, 0.1) is 5.92 Å². The smallest absolute Gasteiger partial charge is 0.137 e. The molecule has 1 aromatic heterocycles. The van der Waals surface area contributed by atoms with Gasteiger partial charge in [-0.05, 0) is 37.0 Å². The van der Waals surface area contributed by atoms with Gasteiger partial charge in [0.05, 0.1) is 0 Å². The first-order chi connectivity index (χ1) is 9.66. The zero-order valence-corrected chi connectivity index (χ0v) is 12.1. The number of benzene rings is 1. The minimum atomic E-state index is -0.0110. The lowest BCUT2D eigenvalue weighted by atomic mass is 9.93. The van der Waals surface area contributed by atoms with E-state index < -0.39 is 0 Å². The molecule has 0 saturated carbocycles. The highest BCUT2D eigenvalue weighted by Gasteiger charge is 2.25. The lowest BCUT2D eigenvalue weighted by Crippen LogP contribution is -2.32. The van der Waals surface area contributed by atoms with Crippen molar-refractivity contribution in [3.8, 4) is 0 Å². The first kappa shape index (κ1) is 13.1. The van der Waals surface area contributed by atoms with Crippen LogP contribution in [0.5, 0.6) is 0 Å². The predicted octanol–water partition coefficient (Wildman–Crippen LogP) is 3.43. The van der Waals surface area contributed by atoms with E-state index in [2.05, 4.69) is 47.1 Å². The molecule has 20 heavy (non-hydrogen) atoms. The Labute approximate surface area is 120 Å². The SMILES string of the molecule is CC1Cc2ccccc2N(c2ncccc2[C@H](C)N)C1. The largest absolute Gasteiger partial charge is 0.326 e. The Morgan fingerprint density at radius 2 is 2.05 bits per heavy atom. The second kappa shape index (κ2) is 5.25. The van der Waals surface area contributed by atoms with Crippen LogP contribution in [0.15, 0.2) is 42.6 Å². The van der Waals surface area contributed by atoms with Gasteiger partial charge < -0.3 is 10.6 Å². The first-order valence-corrected chi connectivity index (χ1v) is 7.22. The van der Waals surface area contributed by atoms with Crippen molar-refractivity contribution in [2.45, 2.75) is 26.3 Å². The highest BCUT2D eigenvalue weighted by atomic mass is 15.2. The lowest BCUT2D eigenvalue weighted by Gasteiger charge is -2.35. The van der Waals surface area contributed by atoms with Gasteiger partial charge in [-0.1, -0.05) is 31.2 Å². The second-order valence-corrected chi connectivity index (χ2v) is 5.75. The van der Waals surface area contributed by atoms with Crippen molar-refractivity contribution in [2.24, 2.45) is 11.7 Å². The van der Waals surface area contributed by atoms with E-state index in [0.717, 1.165) is 24.3 Å². The Morgan fingerprint density at radius 3 is 2.85 bits per heavy atom. The first-order valence-electron chi connectivity index (χ1n) is 7.22. The number of anilines is 2. The van der Waals surface area contributed by atoms with Crippen LogP contribution < -0.4 is 10.6 Å². The van der Waals surface area contributed by atoms with E-state index in [4.69, 9.17) is 5.73 Å². The Morgan fingerprint density at radius 1 is 1.25 bits per heavy atom. The van der Waals surface area contributed by atoms with Crippen molar-refractivity contribution in [1.29, 1.82) is 0 Å². The van der Waals surface area contributed by atoms with E-state index in [9.17, 15) is 0 Å². The molecule has 2 atom stereocenters. The third-order valence-corrected chi connectivity index (χ3v) is 3.91. The Bertz CT molecular complexity index is 607. The molecule has 0 fully saturated rings. The standard InChI is InChI=1S/C17H21N3/c1-12-10-14-6-3-4-8-16(14)20(11-12)17-15(13(2)18)7-5-9-19-17/h3-9,12-13H,10-11,18H2,1-2H3/t12?,13-/m0/s1. The Kier molecular flexibility index (Phi) is 3.45. The van der Waals surface area contributed by atoms with E-state index >= 15 is 0 Å². The van der Waals surface area contributed by atoms with Crippen molar-refractivity contribution in [1.82, 2.24) is 4.98 Å². The van der Waals surface area contributed by atoms with E-state index in [0.29, 0.717) is 5.92 Å². The Balaban J connectivity index is 2.11. The molecule has 0 bridgehead atoms. The van der Waals surface area contributed by atoms with Crippen LogP contribution >= 0.6 is 0 Å². The minimum absolute atomic E-state index is 0.0110. The van der Waals surface area contributed by atoms with E-state index in [1.807, 2.05) is 19.2 Å². The fourth-order valence-electron chi connectivity index (χ4n) is 2.99. The molecular weight excluding hydrogens is 246 g/mol. The Hall–Kier alpha value is -1.87. The van der Waals surface area contributed by atoms with Crippen LogP contribution in [0.3, 0.4) is 0 Å². The normalized spacial score (nSPS) is 19.6. The van der Waals surface area contributed by atoms with Crippen LogP contribution in [0.25, 0.3) is 0 Å². The number of aromatic nitrogens is 1. The summed E-state index contributed by atoms with van der Waals surface area (Å²) in [6.07, 6.45) is 2.98. The van der Waals surface area contributed by atoms with Gasteiger partial charge in [0, 0.05) is 30.0 Å². The van der Waals surface area contributed by atoms with Gasteiger partial charge in [0.15, 0.2) is 0 Å². The van der Waals surface area contributed by atoms with Crippen LogP contribution in [0.4, 0.5) is 11.5 Å². The number of pyridine rings is 1. The third-order valence-electron chi connectivity index (χ3n) is 3.91. The number of nitrogens with two attached hydrogens (primary N) is 1. The molecule has 0 radical (unpaired) electrons. The number of para-hydroxylation sites is 1. The molecule has 3 nitrogen and oxygen atoms in total. The summed E-state index contributed by atoms with van der Waals surface area (Å²) in [7, 11) is 0. The van der Waals surface area contributed by atoms with Gasteiger partial charge in [0.25, 0.3) is 0 Å². The molecule has 0 amide bonds. The molecule has 1 aliphatic rings. The number of nitrogens with zero attached hydrogens (tertiary/aromatic N) is 2. The minimum Gasteiger partial charge on any atom is -0.326 e. The maximum atomic E-state index is 6.11. The summed E-state index contributed by atoms with van der Waals surface area (Å²) in [5.74, 6) is 1.62. The topological polar surface area (TPSA) is 42.2 Å². The van der Waals surface area contributed by atoms with E-state index in [1.54, 1.807) is 0 Å². The maximum Gasteiger partial charge on any atom is 0.137 e. The lowest BCUT2D eigenvalue weighted by molar-refractivity contribution is 0.558. The highest BCUT2D eigenvalue weighted by Crippen LogP contribution is 2.36. The summed E-state index contributed by atoms with van der Waals surface area (Å²) in [5.41, 5.74) is 9.88. The number of hydrogen-bond acceptors (Lipinski definition) is 3. The summed E-state index contributed by atoms with van der Waals surface area (Å²) in [6.45, 7) is 5.30. The van der Waals surface area contributed by atoms with Crippen molar-refractivity contribution < 1.29 is 0 Å². The zero-order chi connectivity index (χ0) is 14.1. The van der Waals surface area contributed by atoms with Gasteiger partial charge in [-0.2, -0.15) is 0 Å². The van der Waals surface area contributed by atoms with Gasteiger partial charge in [-0.25, -0.2) is 4.98 Å². The summed E-state index contributed by atoms with van der Waals surface area (Å²) < 4.78 is 0. The molecule has 1 unspecified atom stereocenters. The summed E-state index contributed by atoms with van der Waals surface area (Å²) in [5, 5.41) is 0. The molecule has 3 heteroatoms. The van der Waals surface area contributed by atoms with Gasteiger partial charge in [-0.3, -0.25) is 0 Å². The van der Waals surface area contributed by atoms with Crippen molar-refractivity contribution >= 4 is 11.5 Å². The second-order valence-electron chi connectivity index (χ2n) is 5.75. The molecule has 0 saturated heterocycles. The van der Waals surface area contributed by atoms with Crippen LogP contribution in [-0.4, -0.2) is 11.5 Å². The van der Waals surface area contributed by atoms with Crippen LogP contribution in [0.2, 0.25) is 0 Å². The number of hydrogen-bond donors (Lipinski definition) is 1. The number of fused-ring (bicyclic) bond motifs is 1. The van der Waals surface area contributed by atoms with Gasteiger partial charge in [-0.15, -0.1) is 0 Å². The molecule has 2 N–H and O–H groups in total. The molecule has 2 heterocycles. The predicted molar refractivity (Wildman–Crippen MR) is 83.2 cm³/mol. The molecular formula is C17H21N3. The van der Waals surface area contributed by atoms with Crippen molar-refractivity contribution in [3.63, 3.8) is 0 Å². The summed E-state index contributed by atoms with van der Waals surface area (Å²) in [4.78, 5) is 6.92. The molecule has 3 rings (SSSR count). The third kappa shape index (κ3) is 2.29. The molecule has 0 spiro atoms. The van der Waals surface area contributed by atoms with Crippen LogP contribution in [-0.2, 0) is 6.42 Å². The molecule has 2 aromatic rings. The van der Waals surface area contributed by atoms with Crippen molar-refractivity contribution in [2.75, 3.05) is 11.4 Å². The quantitative estimate of drug-likeness (QED) is 0.906. The fraction of sp³-hybridized carbons (Fsp3) is 0.353. The van der Waals surface area contributed by atoms with Gasteiger partial charge >= 0.3 is 0 Å². The average Bonchev–Trinajstić information content (AvgIpc) is 2.46. The van der Waals surface area contributed by atoms with Gasteiger partial charge in [0.2, 0.25) is 0 Å². The molecule has 1 aliphatic heterocycles. The monoisotopic (exact) mass is 267 g/mol. The van der Waals surface area contributed by atoms with E-state index in [1.165, 1.54) is 11.3 Å². The van der Waals surface area contributed by atoms with Gasteiger partial charge in [0.1, 0.15) is 5.82 Å². The summed E-state index contributed by atoms with van der Waals surface area (Å²) in [6, 6.07) is 12.6. The van der Waals surface area contributed by atoms with Crippen molar-refractivity contribution in [3.05, 3.63) is 53.7 Å². The number of rotatable bonds is 2. The van der Waals surface area contributed by atoms with E-state index in [-0.39, 0.29) is 6.04 Å². The highest BCUT2D eigenvalue weighted by molar-refractivity contribution is 5.68. The fourth-order valence-corrected chi connectivity index (χ4v) is 2.99. The molecule has 0 aliphatic carbocycles. The maximum absolute atomic E-state index is 6.11. The van der Waals surface area contributed by atoms with Crippen LogP contribution in [0.1, 0.15) is 31.0 Å². The average molecular weight is 267 g/mol.